The van der Waals surface area contributed by atoms with Crippen LogP contribution in [-0.4, -0.2) is 70.0 Å². The number of carbonyl (C=O) groups excluding carboxylic acids is 2. The number of likely N-dealkylation sites (N-methyl/N-ethyl adjacent to an activating group) is 1. The first-order chi connectivity index (χ1) is 27.0. The second kappa shape index (κ2) is 38.2. The Bertz CT molecular complexity index is 1140. The van der Waals surface area contributed by atoms with Gasteiger partial charge in [-0.1, -0.05) is 145 Å². The van der Waals surface area contributed by atoms with Gasteiger partial charge in [-0.2, -0.15) is 0 Å². The van der Waals surface area contributed by atoms with Crippen LogP contribution in [0.5, 0.6) is 0 Å². The molecule has 0 aliphatic heterocycles. The van der Waals surface area contributed by atoms with Crippen molar-refractivity contribution in [2.75, 3.05) is 47.5 Å². The molecular formula is C46H82NO8P. The third kappa shape index (κ3) is 41.3. The van der Waals surface area contributed by atoms with E-state index >= 15 is 0 Å². The van der Waals surface area contributed by atoms with Gasteiger partial charge < -0.3 is 27.9 Å². The fourth-order valence-electron chi connectivity index (χ4n) is 5.51. The average Bonchev–Trinajstić information content (AvgIpc) is 3.15. The largest absolute Gasteiger partial charge is 0.756 e. The van der Waals surface area contributed by atoms with Gasteiger partial charge in [-0.15, -0.1) is 0 Å². The summed E-state index contributed by atoms with van der Waals surface area (Å²) >= 11 is 0. The van der Waals surface area contributed by atoms with Crippen molar-refractivity contribution < 1.29 is 42.1 Å². The second-order valence-electron chi connectivity index (χ2n) is 15.7. The third-order valence-electron chi connectivity index (χ3n) is 9.01. The first kappa shape index (κ1) is 53.7. The van der Waals surface area contributed by atoms with E-state index in [4.69, 9.17) is 18.5 Å². The summed E-state index contributed by atoms with van der Waals surface area (Å²) < 4.78 is 33.8. The van der Waals surface area contributed by atoms with Crippen molar-refractivity contribution in [3.63, 3.8) is 0 Å². The maximum absolute atomic E-state index is 12.6. The first-order valence-corrected chi connectivity index (χ1v) is 23.5. The van der Waals surface area contributed by atoms with Gasteiger partial charge in [0.1, 0.15) is 19.8 Å². The van der Waals surface area contributed by atoms with E-state index in [9.17, 15) is 19.0 Å². The molecule has 9 nitrogen and oxygen atoms in total. The first-order valence-electron chi connectivity index (χ1n) is 22.0. The van der Waals surface area contributed by atoms with E-state index in [0.717, 1.165) is 64.2 Å². The maximum Gasteiger partial charge on any atom is 0.306 e. The molecule has 0 aliphatic carbocycles. The molecule has 0 bridgehead atoms. The van der Waals surface area contributed by atoms with E-state index in [1.807, 2.05) is 21.1 Å². The summed E-state index contributed by atoms with van der Waals surface area (Å²) in [4.78, 5) is 37.4. The van der Waals surface area contributed by atoms with Gasteiger partial charge >= 0.3 is 11.9 Å². The average molecular weight is 808 g/mol. The Kier molecular flexibility index (Phi) is 36.7. The molecule has 0 saturated carbocycles. The van der Waals surface area contributed by atoms with Gasteiger partial charge in [0, 0.05) is 12.8 Å². The van der Waals surface area contributed by atoms with Crippen molar-refractivity contribution in [2.45, 2.75) is 174 Å². The van der Waals surface area contributed by atoms with Crippen LogP contribution in [-0.2, 0) is 32.7 Å². The maximum atomic E-state index is 12.6. The molecule has 0 aromatic carbocycles. The summed E-state index contributed by atoms with van der Waals surface area (Å²) in [6.45, 7) is 4.09. The molecule has 10 heteroatoms. The number of allylic oxidation sites excluding steroid dienone is 10. The van der Waals surface area contributed by atoms with E-state index in [2.05, 4.69) is 74.6 Å². The summed E-state index contributed by atoms with van der Waals surface area (Å²) in [7, 11) is 1.12. The summed E-state index contributed by atoms with van der Waals surface area (Å²) in [5, 5.41) is 0. The van der Waals surface area contributed by atoms with Crippen molar-refractivity contribution in [1.82, 2.24) is 0 Å². The van der Waals surface area contributed by atoms with Crippen LogP contribution in [0.25, 0.3) is 0 Å². The molecule has 0 saturated heterocycles. The number of carbonyl (C=O) groups is 2. The highest BCUT2D eigenvalue weighted by Crippen LogP contribution is 2.38. The summed E-state index contributed by atoms with van der Waals surface area (Å²) in [6.07, 6.45) is 45.5. The van der Waals surface area contributed by atoms with Crippen molar-refractivity contribution in [2.24, 2.45) is 0 Å². The lowest BCUT2D eigenvalue weighted by molar-refractivity contribution is -0.870. The van der Waals surface area contributed by atoms with E-state index in [1.54, 1.807) is 0 Å². The predicted octanol–water partition coefficient (Wildman–Crippen LogP) is 11.8. The molecule has 2 atom stereocenters. The summed E-state index contributed by atoms with van der Waals surface area (Å²) in [5.41, 5.74) is 0. The number of nitrogens with zero attached hydrogens (tertiary/aromatic N) is 1. The van der Waals surface area contributed by atoms with Crippen LogP contribution < -0.4 is 4.89 Å². The van der Waals surface area contributed by atoms with E-state index in [0.29, 0.717) is 23.9 Å². The fraction of sp³-hybridized carbons (Fsp3) is 0.739. The van der Waals surface area contributed by atoms with Crippen LogP contribution in [0.4, 0.5) is 0 Å². The highest BCUT2D eigenvalue weighted by atomic mass is 31.2. The van der Waals surface area contributed by atoms with Crippen LogP contribution in [0, 0.1) is 0 Å². The lowest BCUT2D eigenvalue weighted by atomic mass is 10.1. The minimum absolute atomic E-state index is 0.0432. The van der Waals surface area contributed by atoms with Crippen LogP contribution >= 0.6 is 7.82 Å². The molecule has 0 N–H and O–H groups in total. The summed E-state index contributed by atoms with van der Waals surface area (Å²) in [6, 6.07) is 0. The molecule has 0 radical (unpaired) electrons. The molecule has 0 fully saturated rings. The smallest absolute Gasteiger partial charge is 0.306 e. The molecular weight excluding hydrogens is 725 g/mol. The third-order valence-corrected chi connectivity index (χ3v) is 9.97. The number of unbranched alkanes of at least 4 members (excludes halogenated alkanes) is 15. The molecule has 0 amide bonds. The lowest BCUT2D eigenvalue weighted by Crippen LogP contribution is -2.37. The quantitative estimate of drug-likeness (QED) is 0.0198. The van der Waals surface area contributed by atoms with Gasteiger partial charge in [0.05, 0.1) is 27.7 Å². The molecule has 0 spiro atoms. The number of quaternary nitrogens is 1. The van der Waals surface area contributed by atoms with E-state index in [-0.39, 0.29) is 26.1 Å². The zero-order chi connectivity index (χ0) is 41.4. The number of phosphoric ester groups is 1. The number of rotatable bonds is 39. The highest BCUT2D eigenvalue weighted by Gasteiger charge is 2.21. The number of ether oxygens (including phenoxy) is 2. The molecule has 0 aliphatic rings. The van der Waals surface area contributed by atoms with E-state index in [1.165, 1.54) is 64.2 Å². The Morgan fingerprint density at radius 2 is 1.00 bits per heavy atom. The van der Waals surface area contributed by atoms with Crippen molar-refractivity contribution in [3.8, 4) is 0 Å². The van der Waals surface area contributed by atoms with Crippen LogP contribution in [0.3, 0.4) is 0 Å². The predicted molar refractivity (Wildman–Crippen MR) is 231 cm³/mol. The Morgan fingerprint density at radius 1 is 0.554 bits per heavy atom. The molecule has 324 valence electrons. The highest BCUT2D eigenvalue weighted by molar-refractivity contribution is 7.45. The van der Waals surface area contributed by atoms with Gasteiger partial charge in [-0.3, -0.25) is 14.2 Å². The van der Waals surface area contributed by atoms with Gasteiger partial charge in [-0.25, -0.2) is 0 Å². The SMILES string of the molecule is CCCC/C=C/CCCCCCCC(=O)O[C@@H](COC(=O)CCC/C=C/C/C=C/C/C=C/C/C=C/CCCCCCCCC)COP(=O)([O-])OCC[N+](C)(C)C. The van der Waals surface area contributed by atoms with Gasteiger partial charge in [-0.05, 0) is 70.6 Å². The zero-order valence-corrected chi connectivity index (χ0v) is 37.2. The van der Waals surface area contributed by atoms with E-state index < -0.39 is 32.5 Å². The molecule has 0 heterocycles. The fourth-order valence-corrected chi connectivity index (χ4v) is 6.24. The Morgan fingerprint density at radius 3 is 1.55 bits per heavy atom. The standard InChI is InChI=1S/C46H82NO8P/c1-6-8-10-12-14-16-18-19-20-21-22-23-24-25-26-27-29-30-32-34-36-38-45(48)52-42-44(43-54-56(50,51)53-41-40-47(3,4)5)55-46(49)39-37-35-33-31-28-17-15-13-11-9-7-2/h13,15,20-21,23-24,26-27,30,32,44H,6-12,14,16-19,22,25,28-29,31,33-43H2,1-5H3/b15-13+,21-20+,24-23+,27-26+,32-30+/t44-/m0/s1. The van der Waals surface area contributed by atoms with Crippen LogP contribution in [0.15, 0.2) is 60.8 Å². The molecule has 1 unspecified atom stereocenters. The van der Waals surface area contributed by atoms with Gasteiger partial charge in [0.25, 0.3) is 7.82 Å². The van der Waals surface area contributed by atoms with Gasteiger partial charge in [0.15, 0.2) is 6.10 Å². The lowest BCUT2D eigenvalue weighted by Gasteiger charge is -2.28. The summed E-state index contributed by atoms with van der Waals surface area (Å²) in [5.74, 6) is -0.916. The second-order valence-corrected chi connectivity index (χ2v) is 17.1. The molecule has 56 heavy (non-hydrogen) atoms. The number of hydrogen-bond donors (Lipinski definition) is 0. The van der Waals surface area contributed by atoms with Crippen molar-refractivity contribution in [1.29, 1.82) is 0 Å². The molecule has 0 aromatic rings. The molecule has 0 rings (SSSR count). The molecule has 0 aromatic heterocycles. The number of hydrogen-bond acceptors (Lipinski definition) is 8. The van der Waals surface area contributed by atoms with Crippen molar-refractivity contribution in [3.05, 3.63) is 60.8 Å². The number of phosphoric acid groups is 1. The Hall–Kier alpha value is -2.29. The van der Waals surface area contributed by atoms with Crippen LogP contribution in [0.1, 0.15) is 168 Å². The monoisotopic (exact) mass is 808 g/mol. The Balaban J connectivity index is 4.42. The Labute approximate surface area is 343 Å². The normalized spacial score (nSPS) is 14.2. The van der Waals surface area contributed by atoms with Crippen molar-refractivity contribution >= 4 is 19.8 Å². The minimum atomic E-state index is -4.64. The zero-order valence-electron chi connectivity index (χ0n) is 36.3. The minimum Gasteiger partial charge on any atom is -0.756 e. The van der Waals surface area contributed by atoms with Crippen LogP contribution in [0.2, 0.25) is 0 Å². The number of esters is 2. The van der Waals surface area contributed by atoms with Gasteiger partial charge in [0.2, 0.25) is 0 Å². The topological polar surface area (TPSA) is 111 Å².